The average molecular weight is 255 g/mol. The molecule has 5 heteroatoms. The van der Waals surface area contributed by atoms with E-state index >= 15 is 0 Å². The van der Waals surface area contributed by atoms with Crippen molar-refractivity contribution in [2.75, 3.05) is 16.8 Å². The van der Waals surface area contributed by atoms with Gasteiger partial charge in [-0.3, -0.25) is 4.79 Å². The monoisotopic (exact) mass is 255 g/mol. The quantitative estimate of drug-likeness (QED) is 0.459. The molecule has 0 aliphatic carbocycles. The van der Waals surface area contributed by atoms with E-state index in [-0.39, 0.29) is 5.78 Å². The third-order valence-corrected chi connectivity index (χ3v) is 3.04. The Morgan fingerprint density at radius 3 is 2.74 bits per heavy atom. The van der Waals surface area contributed by atoms with E-state index in [1.165, 1.54) is 6.92 Å². The highest BCUT2D eigenvalue weighted by atomic mass is 16.5. The van der Waals surface area contributed by atoms with Crippen LogP contribution in [0, 0.1) is 0 Å². The number of nitrogens with two attached hydrogens (primary N) is 2. The first-order chi connectivity index (χ1) is 9.06. The molecular weight excluding hydrogens is 242 g/mol. The number of hydrogen-bond acceptors (Lipinski definition) is 5. The van der Waals surface area contributed by atoms with Crippen LogP contribution in [0.3, 0.4) is 0 Å². The zero-order chi connectivity index (χ0) is 13.6. The molecule has 1 aliphatic heterocycles. The number of carbonyl (C=O) groups excluding carboxylic acids is 1. The van der Waals surface area contributed by atoms with Crippen molar-refractivity contribution in [3.05, 3.63) is 35.9 Å². The van der Waals surface area contributed by atoms with Crippen molar-refractivity contribution < 1.29 is 9.53 Å². The van der Waals surface area contributed by atoms with E-state index < -0.39 is 0 Å². The second-order valence-corrected chi connectivity index (χ2v) is 4.45. The van der Waals surface area contributed by atoms with Crippen molar-refractivity contribution in [1.29, 1.82) is 0 Å². The molecule has 0 bridgehead atoms. The van der Waals surface area contributed by atoms with Crippen LogP contribution in [0.5, 0.6) is 11.5 Å². The molecule has 0 spiro atoms. The molecule has 0 fully saturated rings. The molecule has 0 atom stereocenters. The Bertz CT molecular complexity index is 695. The number of fused-ring (bicyclic) bond motifs is 2. The van der Waals surface area contributed by atoms with Gasteiger partial charge >= 0.3 is 0 Å². The lowest BCUT2D eigenvalue weighted by Crippen LogP contribution is -2.10. The molecule has 0 saturated heterocycles. The van der Waals surface area contributed by atoms with Crippen LogP contribution in [0.1, 0.15) is 17.3 Å². The van der Waals surface area contributed by atoms with Crippen LogP contribution in [0.15, 0.2) is 30.3 Å². The van der Waals surface area contributed by atoms with Gasteiger partial charge in [0.15, 0.2) is 17.3 Å². The van der Waals surface area contributed by atoms with Gasteiger partial charge in [-0.1, -0.05) is 0 Å². The molecule has 96 valence electrons. The second kappa shape index (κ2) is 3.91. The summed E-state index contributed by atoms with van der Waals surface area (Å²) in [6.07, 6.45) is 0. The van der Waals surface area contributed by atoms with Gasteiger partial charge in [0.05, 0.1) is 17.1 Å². The van der Waals surface area contributed by atoms with Crippen molar-refractivity contribution >= 4 is 28.5 Å². The van der Waals surface area contributed by atoms with E-state index in [0.29, 0.717) is 34.1 Å². The molecule has 1 heterocycles. The summed E-state index contributed by atoms with van der Waals surface area (Å²) in [5.74, 6) is 1.01. The van der Waals surface area contributed by atoms with Crippen LogP contribution < -0.4 is 21.5 Å². The minimum absolute atomic E-state index is 0.0498. The zero-order valence-electron chi connectivity index (χ0n) is 10.4. The van der Waals surface area contributed by atoms with Crippen LogP contribution in [0.25, 0.3) is 0 Å². The lowest BCUT2D eigenvalue weighted by molar-refractivity contribution is 0.101. The number of ether oxygens (including phenoxy) is 1. The Morgan fingerprint density at radius 1 is 1.21 bits per heavy atom. The minimum Gasteiger partial charge on any atom is -0.451 e. The summed E-state index contributed by atoms with van der Waals surface area (Å²) in [4.78, 5) is 11.6. The van der Waals surface area contributed by atoms with Crippen molar-refractivity contribution in [2.45, 2.75) is 6.92 Å². The van der Waals surface area contributed by atoms with Crippen molar-refractivity contribution in [3.63, 3.8) is 0 Å². The predicted octanol–water partition coefficient (Wildman–Crippen LogP) is 2.90. The first kappa shape index (κ1) is 11.4. The molecule has 0 saturated carbocycles. The largest absolute Gasteiger partial charge is 0.451 e. The van der Waals surface area contributed by atoms with Gasteiger partial charge in [-0.05, 0) is 31.2 Å². The van der Waals surface area contributed by atoms with Gasteiger partial charge in [0.25, 0.3) is 0 Å². The van der Waals surface area contributed by atoms with Gasteiger partial charge in [0, 0.05) is 17.3 Å². The molecule has 0 amide bonds. The topological polar surface area (TPSA) is 90.4 Å². The highest BCUT2D eigenvalue weighted by Crippen LogP contribution is 2.47. The van der Waals surface area contributed by atoms with E-state index in [1.807, 2.05) is 0 Å². The number of nitrogens with one attached hydrogen (secondary N) is 1. The summed E-state index contributed by atoms with van der Waals surface area (Å²) >= 11 is 0. The maximum atomic E-state index is 11.6. The molecule has 5 nitrogen and oxygen atoms in total. The lowest BCUT2D eigenvalue weighted by Gasteiger charge is -2.24. The van der Waals surface area contributed by atoms with Gasteiger partial charge < -0.3 is 21.5 Å². The van der Waals surface area contributed by atoms with Crippen LogP contribution in [-0.2, 0) is 0 Å². The first-order valence-corrected chi connectivity index (χ1v) is 5.84. The molecule has 19 heavy (non-hydrogen) atoms. The van der Waals surface area contributed by atoms with Crippen LogP contribution >= 0.6 is 0 Å². The van der Waals surface area contributed by atoms with Crippen molar-refractivity contribution in [2.24, 2.45) is 0 Å². The second-order valence-electron chi connectivity index (χ2n) is 4.45. The summed E-state index contributed by atoms with van der Waals surface area (Å²) in [5, 5.41) is 3.18. The summed E-state index contributed by atoms with van der Waals surface area (Å²) in [6.45, 7) is 1.51. The van der Waals surface area contributed by atoms with Gasteiger partial charge in [0.2, 0.25) is 0 Å². The fourth-order valence-corrected chi connectivity index (χ4v) is 2.10. The third kappa shape index (κ3) is 1.76. The smallest absolute Gasteiger partial charge is 0.174 e. The molecule has 2 aromatic rings. The molecule has 1 aliphatic rings. The number of ketones is 1. The zero-order valence-corrected chi connectivity index (χ0v) is 10.4. The van der Waals surface area contributed by atoms with Crippen LogP contribution in [-0.4, -0.2) is 5.78 Å². The Balaban J connectivity index is 2.18. The first-order valence-electron chi connectivity index (χ1n) is 5.84. The van der Waals surface area contributed by atoms with Crippen LogP contribution in [0.2, 0.25) is 0 Å². The van der Waals surface area contributed by atoms with E-state index in [0.717, 1.165) is 5.69 Å². The van der Waals surface area contributed by atoms with E-state index in [2.05, 4.69) is 5.32 Å². The maximum Gasteiger partial charge on any atom is 0.174 e. The summed E-state index contributed by atoms with van der Waals surface area (Å²) in [5.41, 5.74) is 14.6. The predicted molar refractivity (Wildman–Crippen MR) is 75.1 cm³/mol. The minimum atomic E-state index is -0.0498. The normalized spacial score (nSPS) is 11.8. The molecular formula is C14H13N3O2. The molecule has 0 radical (unpaired) electrons. The summed E-state index contributed by atoms with van der Waals surface area (Å²) in [6, 6.07) is 8.63. The molecule has 2 aromatic carbocycles. The molecule has 0 unspecified atom stereocenters. The standard InChI is InChI=1S/C14H13N3O2/c1-7(18)9-3-4-10(16)14-13(9)17-11-5-2-8(15)6-12(11)19-14/h2-6,17H,15-16H2,1H3. The van der Waals surface area contributed by atoms with Gasteiger partial charge in [-0.25, -0.2) is 0 Å². The Kier molecular flexibility index (Phi) is 2.35. The van der Waals surface area contributed by atoms with Gasteiger partial charge in [-0.2, -0.15) is 0 Å². The summed E-state index contributed by atoms with van der Waals surface area (Å²) in [7, 11) is 0. The number of Topliss-reactive ketones (excluding diaryl/α,β-unsaturated/α-hetero) is 1. The number of benzene rings is 2. The lowest BCUT2D eigenvalue weighted by atomic mass is 10.1. The number of nitrogen functional groups attached to an aromatic ring is 2. The number of carbonyl (C=O) groups is 1. The number of anilines is 4. The van der Waals surface area contributed by atoms with Crippen molar-refractivity contribution in [3.8, 4) is 11.5 Å². The SMILES string of the molecule is CC(=O)c1ccc(N)c2c1Nc1ccc(N)cc1O2. The Labute approximate surface area is 110 Å². The fraction of sp³-hybridized carbons (Fsp3) is 0.0714. The number of rotatable bonds is 1. The highest BCUT2D eigenvalue weighted by molar-refractivity contribution is 6.04. The van der Waals surface area contributed by atoms with E-state index in [1.54, 1.807) is 30.3 Å². The van der Waals surface area contributed by atoms with Crippen LogP contribution in [0.4, 0.5) is 22.7 Å². The van der Waals surface area contributed by atoms with Crippen molar-refractivity contribution in [1.82, 2.24) is 0 Å². The third-order valence-electron chi connectivity index (χ3n) is 3.04. The summed E-state index contributed by atoms with van der Waals surface area (Å²) < 4.78 is 5.76. The van der Waals surface area contributed by atoms with Gasteiger partial charge in [-0.15, -0.1) is 0 Å². The Morgan fingerprint density at radius 2 is 2.00 bits per heavy atom. The maximum absolute atomic E-state index is 11.6. The van der Waals surface area contributed by atoms with E-state index in [4.69, 9.17) is 16.2 Å². The van der Waals surface area contributed by atoms with Gasteiger partial charge in [0.1, 0.15) is 0 Å². The average Bonchev–Trinajstić information content (AvgIpc) is 2.37. The van der Waals surface area contributed by atoms with E-state index in [9.17, 15) is 4.79 Å². The fourth-order valence-electron chi connectivity index (χ4n) is 2.10. The highest BCUT2D eigenvalue weighted by Gasteiger charge is 2.23. The molecule has 3 rings (SSSR count). The Hall–Kier alpha value is -2.69. The molecule has 0 aromatic heterocycles. The number of hydrogen-bond donors (Lipinski definition) is 3. The molecule has 5 N–H and O–H groups in total.